The normalized spacial score (nSPS) is 13.4. The van der Waals surface area contributed by atoms with Gasteiger partial charge in [-0.2, -0.15) is 0 Å². The first-order valence-corrected chi connectivity index (χ1v) is 19.9. The van der Waals surface area contributed by atoms with Gasteiger partial charge in [-0.3, -0.25) is 0 Å². The van der Waals surface area contributed by atoms with E-state index >= 15 is 0 Å². The summed E-state index contributed by atoms with van der Waals surface area (Å²) in [7, 11) is -9.27. The molecule has 140 valence electrons. The number of phosphoric acid groups is 1. The molecule has 0 atom stereocenters. The van der Waals surface area contributed by atoms with Crippen molar-refractivity contribution in [1.82, 2.24) is 0 Å². The van der Waals surface area contributed by atoms with Crippen molar-refractivity contribution in [2.75, 3.05) is 0 Å². The second kappa shape index (κ2) is 7.65. The highest BCUT2D eigenvalue weighted by molar-refractivity contribution is 7.45. The van der Waals surface area contributed by atoms with Crippen LogP contribution < -0.4 is 15.6 Å². The van der Waals surface area contributed by atoms with Crippen LogP contribution in [0.15, 0.2) is 12.1 Å². The van der Waals surface area contributed by atoms with E-state index in [0.29, 0.717) is 0 Å². The maximum Gasteiger partial charge on any atom is 0.466 e. The zero-order valence-corrected chi connectivity index (χ0v) is 20.1. The molecule has 24 heavy (non-hydrogen) atoms. The Morgan fingerprint density at radius 3 is 1.33 bits per heavy atom. The summed E-state index contributed by atoms with van der Waals surface area (Å²) in [6.07, 6.45) is 0. The fourth-order valence-corrected chi connectivity index (χ4v) is 12.2. The first-order valence-electron chi connectivity index (χ1n) is 7.88. The van der Waals surface area contributed by atoms with Gasteiger partial charge < -0.3 is 14.7 Å². The van der Waals surface area contributed by atoms with Crippen molar-refractivity contribution in [3.05, 3.63) is 17.9 Å². The van der Waals surface area contributed by atoms with E-state index in [1.807, 2.05) is 0 Å². The van der Waals surface area contributed by atoms with Gasteiger partial charge in [-0.1, -0.05) is 75.4 Å². The number of halogens is 1. The smallest absolute Gasteiger partial charge is 0.303 e. The van der Waals surface area contributed by atoms with E-state index in [9.17, 15) is 4.39 Å². The van der Waals surface area contributed by atoms with Crippen LogP contribution in [-0.4, -0.2) is 38.9 Å². The van der Waals surface area contributed by atoms with Crippen LogP contribution in [0.1, 0.15) is 0 Å². The van der Waals surface area contributed by atoms with Gasteiger partial charge in [-0.15, -0.1) is 0 Å². The second-order valence-corrected chi connectivity index (χ2v) is 25.2. The van der Waals surface area contributed by atoms with Gasteiger partial charge >= 0.3 is 7.82 Å². The summed E-state index contributed by atoms with van der Waals surface area (Å²) >= 11 is 0. The fourth-order valence-electron chi connectivity index (χ4n) is 2.71. The lowest BCUT2D eigenvalue weighted by Gasteiger charge is -2.34. The Kier molecular flexibility index (Phi) is 7.62. The minimum Gasteiger partial charge on any atom is -0.303 e. The average Bonchev–Trinajstić information content (AvgIpc) is 2.21. The maximum atomic E-state index is 14.5. The first kappa shape index (κ1) is 23.9. The van der Waals surface area contributed by atoms with Crippen molar-refractivity contribution in [3.8, 4) is 0 Å². The summed E-state index contributed by atoms with van der Waals surface area (Å²) < 4.78 is 23.4. The van der Waals surface area contributed by atoms with Gasteiger partial charge in [0, 0.05) is 0 Å². The Morgan fingerprint density at radius 1 is 0.750 bits per heavy atom. The Balaban J connectivity index is 0.000000922. The molecule has 0 fully saturated rings. The molecular formula is C15H32FO4PSi3. The van der Waals surface area contributed by atoms with Crippen molar-refractivity contribution in [3.63, 3.8) is 0 Å². The van der Waals surface area contributed by atoms with Crippen LogP contribution in [0.4, 0.5) is 4.39 Å². The Bertz CT molecular complexity index is 617. The lowest BCUT2D eigenvalue weighted by molar-refractivity contribution is 0.275. The molecule has 0 saturated carbocycles. The van der Waals surface area contributed by atoms with Gasteiger partial charge in [0.1, 0.15) is 5.82 Å². The largest absolute Gasteiger partial charge is 0.466 e. The molecule has 0 aliphatic heterocycles. The van der Waals surface area contributed by atoms with E-state index in [1.54, 1.807) is 6.07 Å². The molecule has 1 aromatic carbocycles. The summed E-state index contributed by atoms with van der Waals surface area (Å²) in [6.45, 7) is 21.0. The quantitative estimate of drug-likeness (QED) is 0.529. The zero-order chi connectivity index (χ0) is 19.7. The molecule has 9 heteroatoms. The summed E-state index contributed by atoms with van der Waals surface area (Å²) in [5.74, 6) is 0.0404. The van der Waals surface area contributed by atoms with Crippen LogP contribution in [0.3, 0.4) is 0 Å². The molecular weight excluding hydrogens is 378 g/mol. The number of rotatable bonds is 3. The molecule has 0 bridgehead atoms. The van der Waals surface area contributed by atoms with Gasteiger partial charge in [0.25, 0.3) is 0 Å². The third-order valence-electron chi connectivity index (χ3n) is 3.46. The van der Waals surface area contributed by atoms with Crippen LogP contribution in [-0.2, 0) is 4.57 Å². The van der Waals surface area contributed by atoms with Crippen molar-refractivity contribution in [1.29, 1.82) is 0 Å². The molecule has 0 unspecified atom stereocenters. The van der Waals surface area contributed by atoms with Crippen LogP contribution in [0.5, 0.6) is 0 Å². The first-order chi connectivity index (χ1) is 10.3. The molecule has 0 radical (unpaired) electrons. The van der Waals surface area contributed by atoms with Crippen molar-refractivity contribution in [2.24, 2.45) is 0 Å². The monoisotopic (exact) mass is 410 g/mol. The maximum absolute atomic E-state index is 14.5. The highest BCUT2D eigenvalue weighted by Gasteiger charge is 2.35. The highest BCUT2D eigenvalue weighted by atomic mass is 31.2. The van der Waals surface area contributed by atoms with Crippen molar-refractivity contribution >= 4 is 47.6 Å². The summed E-state index contributed by atoms with van der Waals surface area (Å²) in [5, 5.41) is 4.03. The third kappa shape index (κ3) is 7.86. The molecule has 0 heterocycles. The summed E-state index contributed by atoms with van der Waals surface area (Å²) in [6, 6.07) is 3.81. The van der Waals surface area contributed by atoms with E-state index in [-0.39, 0.29) is 5.82 Å². The van der Waals surface area contributed by atoms with Gasteiger partial charge in [0.15, 0.2) is 0 Å². The van der Waals surface area contributed by atoms with Crippen LogP contribution in [0, 0.1) is 5.82 Å². The highest BCUT2D eigenvalue weighted by Crippen LogP contribution is 2.25. The van der Waals surface area contributed by atoms with Crippen LogP contribution in [0.2, 0.25) is 58.9 Å². The van der Waals surface area contributed by atoms with E-state index in [0.717, 1.165) is 5.19 Å². The predicted molar refractivity (Wildman–Crippen MR) is 110 cm³/mol. The molecule has 4 nitrogen and oxygen atoms in total. The third-order valence-corrected chi connectivity index (χ3v) is 10.0. The van der Waals surface area contributed by atoms with Gasteiger partial charge in [0.2, 0.25) is 0 Å². The van der Waals surface area contributed by atoms with E-state index < -0.39 is 32.0 Å². The van der Waals surface area contributed by atoms with E-state index in [2.05, 4.69) is 65.0 Å². The molecule has 1 rings (SSSR count). The van der Waals surface area contributed by atoms with E-state index in [4.69, 9.17) is 19.2 Å². The molecule has 3 N–H and O–H groups in total. The number of hydrogen-bond donors (Lipinski definition) is 3. The summed E-state index contributed by atoms with van der Waals surface area (Å²) in [4.78, 5) is 21.6. The van der Waals surface area contributed by atoms with Crippen molar-refractivity contribution < 1.29 is 23.6 Å². The van der Waals surface area contributed by atoms with Crippen molar-refractivity contribution in [2.45, 2.75) is 58.9 Å². The molecule has 0 aliphatic rings. The van der Waals surface area contributed by atoms with Crippen LogP contribution >= 0.6 is 7.82 Å². The SMILES string of the molecule is C[Si](C)(C)c1ccc(F)c([Si](C)(C)C)c1[Si](C)(C)C.O=P(O)(O)O. The molecule has 0 amide bonds. The van der Waals surface area contributed by atoms with Gasteiger partial charge in [0.05, 0.1) is 24.2 Å². The van der Waals surface area contributed by atoms with Gasteiger partial charge in [-0.25, -0.2) is 8.96 Å². The fraction of sp³-hybridized carbons (Fsp3) is 0.600. The predicted octanol–water partition coefficient (Wildman–Crippen LogP) is 2.53. The lowest BCUT2D eigenvalue weighted by Crippen LogP contribution is -2.67. The summed E-state index contributed by atoms with van der Waals surface area (Å²) in [5.41, 5.74) is 0. The topological polar surface area (TPSA) is 77.8 Å². The Morgan fingerprint density at radius 2 is 1.08 bits per heavy atom. The number of hydrogen-bond acceptors (Lipinski definition) is 1. The van der Waals surface area contributed by atoms with Gasteiger partial charge in [-0.05, 0) is 11.3 Å². The minimum atomic E-state index is -4.64. The molecule has 0 saturated heterocycles. The van der Waals surface area contributed by atoms with Crippen LogP contribution in [0.25, 0.3) is 0 Å². The number of benzene rings is 1. The zero-order valence-electron chi connectivity index (χ0n) is 16.2. The lowest BCUT2D eigenvalue weighted by atomic mass is 10.3. The standard InChI is InChI=1S/C15H29FSi3.H3O4P/c1-17(2,3)13-11-10-12(16)14(18(4,5)6)15(13)19(7,8)9;1-5(2,3)4/h10-11H,1-9H3;(H3,1,2,3,4). The Labute approximate surface area is 148 Å². The average molecular weight is 411 g/mol. The molecule has 0 aliphatic carbocycles. The molecule has 1 aromatic rings. The minimum absolute atomic E-state index is 0.0404. The molecule has 0 spiro atoms. The van der Waals surface area contributed by atoms with E-state index in [1.165, 1.54) is 10.4 Å². The second-order valence-electron chi connectivity index (χ2n) is 9.11. The Hall–Kier alpha value is -0.0894. The molecule has 0 aromatic heterocycles.